The van der Waals surface area contributed by atoms with Crippen LogP contribution in [0, 0.1) is 0 Å². The molecular formula is C13H14N2O2. The summed E-state index contributed by atoms with van der Waals surface area (Å²) in [6.07, 6.45) is 7.06. The minimum absolute atomic E-state index is 0.490. The lowest BCUT2D eigenvalue weighted by molar-refractivity contribution is 0.144. The van der Waals surface area contributed by atoms with Crippen LogP contribution in [0.3, 0.4) is 0 Å². The van der Waals surface area contributed by atoms with Gasteiger partial charge in [0.2, 0.25) is 5.88 Å². The third-order valence-electron chi connectivity index (χ3n) is 2.41. The second-order valence-electron chi connectivity index (χ2n) is 3.52. The fraction of sp³-hybridized carbons (Fsp3) is 0.231. The fourth-order valence-electron chi connectivity index (χ4n) is 1.54. The van der Waals surface area contributed by atoms with Crippen LogP contribution in [0.4, 0.5) is 0 Å². The molecule has 17 heavy (non-hydrogen) atoms. The summed E-state index contributed by atoms with van der Waals surface area (Å²) in [4.78, 5) is 8.32. The number of hydrogen-bond donors (Lipinski definition) is 0. The topological polar surface area (TPSA) is 44.2 Å². The van der Waals surface area contributed by atoms with E-state index in [1.807, 2.05) is 6.07 Å². The Bertz CT molecular complexity index is 526. The molecule has 4 nitrogen and oxygen atoms in total. The zero-order valence-electron chi connectivity index (χ0n) is 9.72. The Hall–Kier alpha value is -1.94. The Morgan fingerprint density at radius 2 is 2.18 bits per heavy atom. The Labute approximate surface area is 99.9 Å². The van der Waals surface area contributed by atoms with Crippen LogP contribution in [-0.4, -0.2) is 30.3 Å². The van der Waals surface area contributed by atoms with Crippen LogP contribution < -0.4 is 4.74 Å². The van der Waals surface area contributed by atoms with Gasteiger partial charge < -0.3 is 9.47 Å². The van der Waals surface area contributed by atoms with Crippen molar-refractivity contribution in [2.45, 2.75) is 0 Å². The number of hydrogen-bond acceptors (Lipinski definition) is 4. The first-order valence-electron chi connectivity index (χ1n) is 5.33. The van der Waals surface area contributed by atoms with Crippen LogP contribution in [0.1, 0.15) is 5.56 Å². The van der Waals surface area contributed by atoms with Gasteiger partial charge in [-0.15, -0.1) is 0 Å². The van der Waals surface area contributed by atoms with Crippen molar-refractivity contribution in [3.8, 4) is 5.88 Å². The monoisotopic (exact) mass is 230 g/mol. The molecule has 0 fully saturated rings. The van der Waals surface area contributed by atoms with E-state index >= 15 is 0 Å². The van der Waals surface area contributed by atoms with Gasteiger partial charge in [-0.3, -0.25) is 4.98 Å². The molecule has 0 radical (unpaired) electrons. The molecule has 0 atom stereocenters. The molecule has 2 aromatic rings. The Morgan fingerprint density at radius 1 is 1.29 bits per heavy atom. The van der Waals surface area contributed by atoms with Crippen LogP contribution >= 0.6 is 0 Å². The van der Waals surface area contributed by atoms with Crippen molar-refractivity contribution in [2.24, 2.45) is 0 Å². The molecule has 0 saturated heterocycles. The molecule has 0 amide bonds. The third-order valence-corrected chi connectivity index (χ3v) is 2.41. The van der Waals surface area contributed by atoms with E-state index in [9.17, 15) is 0 Å². The van der Waals surface area contributed by atoms with Crippen molar-refractivity contribution < 1.29 is 9.47 Å². The molecule has 0 bridgehead atoms. The van der Waals surface area contributed by atoms with E-state index in [2.05, 4.69) is 16.5 Å². The Kier molecular flexibility index (Phi) is 3.67. The first-order chi connectivity index (χ1) is 8.35. The highest BCUT2D eigenvalue weighted by molar-refractivity contribution is 5.89. The molecule has 0 aliphatic rings. The summed E-state index contributed by atoms with van der Waals surface area (Å²) in [7, 11) is 1.64. The summed E-state index contributed by atoms with van der Waals surface area (Å²) in [5, 5.41) is 2.01. The molecule has 0 N–H and O–H groups in total. The van der Waals surface area contributed by atoms with Crippen LogP contribution in [0.25, 0.3) is 16.8 Å². The first kappa shape index (κ1) is 11.5. The smallest absolute Gasteiger partial charge is 0.213 e. The van der Waals surface area contributed by atoms with Crippen LogP contribution in [0.5, 0.6) is 5.88 Å². The van der Waals surface area contributed by atoms with Gasteiger partial charge in [0.15, 0.2) is 0 Å². The highest BCUT2D eigenvalue weighted by Gasteiger charge is 2.02. The lowest BCUT2D eigenvalue weighted by atomic mass is 10.1. The number of rotatable bonds is 5. The number of aromatic nitrogens is 2. The maximum atomic E-state index is 5.46. The molecular weight excluding hydrogens is 216 g/mol. The van der Waals surface area contributed by atoms with Crippen molar-refractivity contribution in [1.29, 1.82) is 0 Å². The van der Waals surface area contributed by atoms with E-state index in [-0.39, 0.29) is 0 Å². The molecule has 4 heteroatoms. The van der Waals surface area contributed by atoms with E-state index < -0.39 is 0 Å². The van der Waals surface area contributed by atoms with Gasteiger partial charge in [-0.05, 0) is 5.39 Å². The summed E-state index contributed by atoms with van der Waals surface area (Å²) in [6, 6.07) is 1.89. The summed E-state index contributed by atoms with van der Waals surface area (Å²) in [6.45, 7) is 4.80. The summed E-state index contributed by atoms with van der Waals surface area (Å²) in [5.74, 6) is 0.587. The van der Waals surface area contributed by atoms with Crippen molar-refractivity contribution in [3.05, 3.63) is 36.8 Å². The number of nitrogens with zero attached hydrogens (tertiary/aromatic N) is 2. The lowest BCUT2D eigenvalue weighted by Gasteiger charge is -2.06. The average molecular weight is 230 g/mol. The SMILES string of the molecule is C=Cc1cncc2cnc(OCCOC)cc12. The molecule has 0 aliphatic carbocycles. The maximum Gasteiger partial charge on any atom is 0.213 e. The largest absolute Gasteiger partial charge is 0.475 e. The molecule has 2 aromatic heterocycles. The van der Waals surface area contributed by atoms with Gasteiger partial charge in [0.25, 0.3) is 0 Å². The normalized spacial score (nSPS) is 10.4. The minimum Gasteiger partial charge on any atom is -0.475 e. The molecule has 88 valence electrons. The molecule has 0 spiro atoms. The molecule has 2 rings (SSSR count). The summed E-state index contributed by atoms with van der Waals surface area (Å²) < 4.78 is 10.4. The highest BCUT2D eigenvalue weighted by Crippen LogP contribution is 2.21. The van der Waals surface area contributed by atoms with Crippen molar-refractivity contribution in [2.75, 3.05) is 20.3 Å². The molecule has 0 aromatic carbocycles. The van der Waals surface area contributed by atoms with Crippen LogP contribution in [0.15, 0.2) is 31.2 Å². The Balaban J connectivity index is 2.31. The van der Waals surface area contributed by atoms with Crippen molar-refractivity contribution in [1.82, 2.24) is 9.97 Å². The fourth-order valence-corrected chi connectivity index (χ4v) is 1.54. The number of ether oxygens (including phenoxy) is 2. The molecule has 2 heterocycles. The predicted octanol–water partition coefficient (Wildman–Crippen LogP) is 2.30. The quantitative estimate of drug-likeness (QED) is 0.739. The summed E-state index contributed by atoms with van der Waals surface area (Å²) >= 11 is 0. The zero-order chi connectivity index (χ0) is 12.1. The van der Waals surface area contributed by atoms with Crippen LogP contribution in [0.2, 0.25) is 0 Å². The highest BCUT2D eigenvalue weighted by atomic mass is 16.5. The molecule has 0 unspecified atom stereocenters. The van der Waals surface area contributed by atoms with Gasteiger partial charge in [-0.2, -0.15) is 0 Å². The predicted molar refractivity (Wildman–Crippen MR) is 67.0 cm³/mol. The van der Waals surface area contributed by atoms with E-state index in [0.29, 0.717) is 19.1 Å². The van der Waals surface area contributed by atoms with E-state index in [0.717, 1.165) is 16.3 Å². The minimum atomic E-state index is 0.490. The van der Waals surface area contributed by atoms with Crippen molar-refractivity contribution >= 4 is 16.8 Å². The second kappa shape index (κ2) is 5.41. The van der Waals surface area contributed by atoms with E-state index in [4.69, 9.17) is 9.47 Å². The number of pyridine rings is 2. The lowest BCUT2D eigenvalue weighted by Crippen LogP contribution is -2.05. The zero-order valence-corrected chi connectivity index (χ0v) is 9.72. The van der Waals surface area contributed by atoms with E-state index in [1.54, 1.807) is 31.8 Å². The average Bonchev–Trinajstić information content (AvgIpc) is 2.38. The second-order valence-corrected chi connectivity index (χ2v) is 3.52. The van der Waals surface area contributed by atoms with Gasteiger partial charge in [-0.1, -0.05) is 12.7 Å². The van der Waals surface area contributed by atoms with Gasteiger partial charge in [0, 0.05) is 42.7 Å². The third kappa shape index (κ3) is 2.60. The standard InChI is InChI=1S/C13H14N2O2/c1-3-10-7-14-8-11-9-15-13(6-12(10)11)17-5-4-16-2/h3,6-9H,1,4-5H2,2H3. The molecule has 0 saturated carbocycles. The van der Waals surface area contributed by atoms with Crippen molar-refractivity contribution in [3.63, 3.8) is 0 Å². The van der Waals surface area contributed by atoms with E-state index in [1.165, 1.54) is 0 Å². The van der Waals surface area contributed by atoms with Gasteiger partial charge in [0.05, 0.1) is 6.61 Å². The van der Waals surface area contributed by atoms with Gasteiger partial charge >= 0.3 is 0 Å². The number of methoxy groups -OCH3 is 1. The number of fused-ring (bicyclic) bond motifs is 1. The first-order valence-corrected chi connectivity index (χ1v) is 5.33. The van der Waals surface area contributed by atoms with Gasteiger partial charge in [0.1, 0.15) is 6.61 Å². The van der Waals surface area contributed by atoms with Gasteiger partial charge in [-0.25, -0.2) is 4.98 Å². The summed E-state index contributed by atoms with van der Waals surface area (Å²) in [5.41, 5.74) is 0.974. The Morgan fingerprint density at radius 3 is 2.94 bits per heavy atom. The maximum absolute atomic E-state index is 5.46. The van der Waals surface area contributed by atoms with Crippen LogP contribution in [-0.2, 0) is 4.74 Å². The molecule has 0 aliphatic heterocycles.